The van der Waals surface area contributed by atoms with E-state index in [9.17, 15) is 70.2 Å². The summed E-state index contributed by atoms with van der Waals surface area (Å²) in [6.45, 7) is 0. The van der Waals surface area contributed by atoms with Crippen LogP contribution < -0.4 is 0 Å². The van der Waals surface area contributed by atoms with Crippen molar-refractivity contribution in [2.45, 2.75) is 41.3 Å². The molecule has 19 heteroatoms. The minimum absolute atomic E-state index is 3.51. The van der Waals surface area contributed by atoms with Gasteiger partial charge in [0.05, 0.1) is 0 Å². The quantitative estimate of drug-likeness (QED) is 0.173. The zero-order valence-corrected chi connectivity index (χ0v) is 18.5. The Balaban J connectivity index is 6.92. The van der Waals surface area contributed by atoms with E-state index >= 15 is 0 Å². The van der Waals surface area contributed by atoms with Crippen LogP contribution in [0.4, 0.5) is 70.2 Å². The van der Waals surface area contributed by atoms with Crippen LogP contribution in [-0.2, 0) is 24.6 Å². The Morgan fingerprint density at radius 1 is 0.407 bits per heavy atom. The Morgan fingerprint density at radius 2 is 0.593 bits per heavy atom. The first kappa shape index (κ1) is 27.4. The van der Waals surface area contributed by atoms with Gasteiger partial charge >= 0.3 is 159 Å². The van der Waals surface area contributed by atoms with Crippen LogP contribution in [0.5, 0.6) is 0 Å². The molecule has 0 amide bonds. The van der Waals surface area contributed by atoms with E-state index < -0.39 is 65.9 Å². The number of hydrogen-bond donors (Lipinski definition) is 0. The Hall–Kier alpha value is 0.395. The van der Waals surface area contributed by atoms with E-state index in [1.165, 1.54) is 0 Å². The summed E-state index contributed by atoms with van der Waals surface area (Å²) in [7, 11) is 0. The van der Waals surface area contributed by atoms with E-state index in [0.717, 1.165) is 0 Å². The summed E-state index contributed by atoms with van der Waals surface area (Å²) in [6.07, 6.45) is -15.1. The zero-order chi connectivity index (χ0) is 22.7. The third kappa shape index (κ3) is 4.31. The van der Waals surface area contributed by atoms with Crippen molar-refractivity contribution >= 4 is 23.2 Å². The Bertz CT molecular complexity index is 495. The molecule has 2 atom stereocenters. The van der Waals surface area contributed by atoms with Gasteiger partial charge in [-0.2, -0.15) is 0 Å². The average Bonchev–Trinajstić information content (AvgIpc) is 2.32. The van der Waals surface area contributed by atoms with Gasteiger partial charge in [0.1, 0.15) is 0 Å². The molecule has 0 aliphatic heterocycles. The summed E-state index contributed by atoms with van der Waals surface area (Å²) in [6, 6.07) is 0. The van der Waals surface area contributed by atoms with Crippen molar-refractivity contribution in [3.8, 4) is 0 Å². The van der Waals surface area contributed by atoms with Crippen LogP contribution in [-0.4, -0.2) is 41.3 Å². The summed E-state index contributed by atoms with van der Waals surface area (Å²) < 4.78 is 191. The number of hydrogen-bond acceptors (Lipinski definition) is 0. The minimum atomic E-state index is -7.79. The molecule has 27 heavy (non-hydrogen) atoms. The van der Waals surface area contributed by atoms with Crippen LogP contribution in [0, 0.1) is 0 Å². The molecule has 0 spiro atoms. The first-order valence-electron chi connectivity index (χ1n) is 5.61. The van der Waals surface area contributed by atoms with Crippen molar-refractivity contribution in [3.63, 3.8) is 0 Å². The Labute approximate surface area is 159 Å². The van der Waals surface area contributed by atoms with Gasteiger partial charge in [-0.1, -0.05) is 0 Å². The monoisotopic (exact) mass is 672 g/mol. The van der Waals surface area contributed by atoms with E-state index in [0.29, 0.717) is 0 Å². The Morgan fingerprint density at radius 3 is 0.704 bits per heavy atom. The maximum atomic E-state index is 13.8. The summed E-state index contributed by atoms with van der Waals surface area (Å²) in [5, 5.41) is -13.3. The van der Waals surface area contributed by atoms with Crippen LogP contribution >= 0.6 is 23.2 Å². The van der Waals surface area contributed by atoms with Crippen molar-refractivity contribution < 1.29 is 94.8 Å². The fourth-order valence-electron chi connectivity index (χ4n) is 1.56. The van der Waals surface area contributed by atoms with Gasteiger partial charge in [-0.05, 0) is 0 Å². The van der Waals surface area contributed by atoms with Gasteiger partial charge in [0.2, 0.25) is 0 Å². The summed E-state index contributed by atoms with van der Waals surface area (Å²) in [5.41, 5.74) is 0. The average molecular weight is 672 g/mol. The van der Waals surface area contributed by atoms with Gasteiger partial charge in [-0.3, -0.25) is 0 Å². The van der Waals surface area contributed by atoms with Crippen molar-refractivity contribution in [2.24, 2.45) is 0 Å². The zero-order valence-electron chi connectivity index (χ0n) is 11.5. The molecule has 0 radical (unpaired) electrons. The molecule has 0 bridgehead atoms. The molecular formula is C8Cl2F16Hg. The maximum absolute atomic E-state index is 13.8. The molecule has 0 saturated carbocycles. The van der Waals surface area contributed by atoms with Crippen LogP contribution in [0.25, 0.3) is 0 Å². The van der Waals surface area contributed by atoms with Crippen molar-refractivity contribution in [3.05, 3.63) is 0 Å². The first-order chi connectivity index (χ1) is 11.2. The van der Waals surface area contributed by atoms with Crippen LogP contribution in [0.2, 0.25) is 0 Å². The molecule has 0 N–H and O–H groups in total. The number of alkyl halides is 18. The molecule has 0 fully saturated rings. The predicted octanol–water partition coefficient (Wildman–Crippen LogP) is 6.46. The first-order valence-corrected chi connectivity index (χ1v) is 11.9. The number of halogens is 18. The van der Waals surface area contributed by atoms with E-state index in [2.05, 4.69) is 23.2 Å². The second-order valence-corrected chi connectivity index (χ2v) is 14.8. The topological polar surface area (TPSA) is 0 Å². The summed E-state index contributed by atoms with van der Waals surface area (Å²) in [5.74, 6) is -14.9. The van der Waals surface area contributed by atoms with Gasteiger partial charge in [0.15, 0.2) is 0 Å². The molecule has 160 valence electrons. The fourth-order valence-corrected chi connectivity index (χ4v) is 10.4. The van der Waals surface area contributed by atoms with Crippen molar-refractivity contribution in [1.29, 1.82) is 0 Å². The molecule has 0 rings (SSSR count). The Kier molecular flexibility index (Phi) is 7.08. The van der Waals surface area contributed by atoms with Gasteiger partial charge < -0.3 is 0 Å². The van der Waals surface area contributed by atoms with E-state index in [-0.39, 0.29) is 0 Å². The molecule has 0 aliphatic carbocycles. The van der Waals surface area contributed by atoms with Crippen molar-refractivity contribution in [1.82, 2.24) is 0 Å². The van der Waals surface area contributed by atoms with Gasteiger partial charge in [0, 0.05) is 0 Å². The summed E-state index contributed by atoms with van der Waals surface area (Å²) in [4.78, 5) is 0. The van der Waals surface area contributed by atoms with Crippen LogP contribution in [0.3, 0.4) is 0 Å². The molecule has 0 heterocycles. The normalized spacial score (nSPS) is 19.9. The second kappa shape index (κ2) is 6.98. The molecule has 0 nitrogen and oxygen atoms in total. The van der Waals surface area contributed by atoms with Crippen LogP contribution in [0.1, 0.15) is 0 Å². The van der Waals surface area contributed by atoms with E-state index in [1.54, 1.807) is 0 Å². The van der Waals surface area contributed by atoms with Crippen molar-refractivity contribution in [2.75, 3.05) is 0 Å². The van der Waals surface area contributed by atoms with E-state index in [1.807, 2.05) is 0 Å². The standard InChI is InChI=1S/2C4ClF8.Hg/c2*5-4(12,13)2(7,8)1(6)3(9,10)11;. The molecule has 0 aromatic carbocycles. The number of rotatable bonds is 6. The second-order valence-electron chi connectivity index (χ2n) is 4.92. The molecule has 0 aromatic heterocycles. The SMILES string of the molecule is FC(F)(F)[C](F)([Hg][C](F)(C(F)(F)F)C(F)(F)C(F)(F)Cl)C(F)(F)C(F)(F)Cl. The molecular weight excluding hydrogens is 672 g/mol. The van der Waals surface area contributed by atoms with Gasteiger partial charge in [-0.25, -0.2) is 0 Å². The molecule has 0 aromatic rings. The van der Waals surface area contributed by atoms with Gasteiger partial charge in [-0.15, -0.1) is 0 Å². The van der Waals surface area contributed by atoms with Crippen LogP contribution in [0.15, 0.2) is 0 Å². The third-order valence-corrected chi connectivity index (χ3v) is 13.9. The van der Waals surface area contributed by atoms with E-state index in [4.69, 9.17) is 0 Å². The molecule has 0 saturated heterocycles. The molecule has 0 aliphatic rings. The fraction of sp³-hybridized carbons (Fsp3) is 1.00. The predicted molar refractivity (Wildman–Crippen MR) is 51.3 cm³/mol. The third-order valence-electron chi connectivity index (χ3n) is 3.09. The molecule has 2 unspecified atom stereocenters. The van der Waals surface area contributed by atoms with Gasteiger partial charge in [0.25, 0.3) is 0 Å². The summed E-state index contributed by atoms with van der Waals surface area (Å²) >= 11 is -0.776.